The van der Waals surface area contributed by atoms with Crippen LogP contribution in [0.15, 0.2) is 53.6 Å². The predicted octanol–water partition coefficient (Wildman–Crippen LogP) is 3.67. The van der Waals surface area contributed by atoms with E-state index in [1.165, 1.54) is 17.4 Å². The molecule has 0 amide bonds. The summed E-state index contributed by atoms with van der Waals surface area (Å²) in [7, 11) is 0. The summed E-state index contributed by atoms with van der Waals surface area (Å²) in [5.74, 6) is -0.743. The highest BCUT2D eigenvalue weighted by Gasteiger charge is 2.14. The summed E-state index contributed by atoms with van der Waals surface area (Å²) in [6, 6.07) is 12.9. The van der Waals surface area contributed by atoms with Crippen LogP contribution in [0.3, 0.4) is 0 Å². The number of thiophene rings is 1. The number of hydrogen-bond donors (Lipinski definition) is 2. The molecule has 0 saturated carbocycles. The first kappa shape index (κ1) is 16.5. The maximum Gasteiger partial charge on any atom is 0.331 e. The van der Waals surface area contributed by atoms with E-state index in [9.17, 15) is 15.2 Å². The Kier molecular flexibility index (Phi) is 4.92. The zero-order valence-corrected chi connectivity index (χ0v) is 13.8. The SMILES string of the molecule is N#CC(=C(O)COC(=O)C=Cc1cccs1)c1nc2ccccc2[nH]1. The Morgan fingerprint density at radius 2 is 2.20 bits per heavy atom. The van der Waals surface area contributed by atoms with Gasteiger partial charge in [0, 0.05) is 11.0 Å². The topological polar surface area (TPSA) is 99.0 Å². The van der Waals surface area contributed by atoms with Gasteiger partial charge in [-0.25, -0.2) is 9.78 Å². The number of esters is 1. The number of aromatic nitrogens is 2. The predicted molar refractivity (Wildman–Crippen MR) is 95.6 cm³/mol. The van der Waals surface area contributed by atoms with E-state index in [1.54, 1.807) is 12.1 Å². The number of fused-ring (bicyclic) bond motifs is 1. The van der Waals surface area contributed by atoms with Crippen LogP contribution in [0.25, 0.3) is 22.7 Å². The van der Waals surface area contributed by atoms with Crippen molar-refractivity contribution in [2.24, 2.45) is 0 Å². The Morgan fingerprint density at radius 1 is 1.36 bits per heavy atom. The van der Waals surface area contributed by atoms with Crippen LogP contribution in [0.4, 0.5) is 0 Å². The van der Waals surface area contributed by atoms with Crippen LogP contribution in [-0.2, 0) is 9.53 Å². The zero-order chi connectivity index (χ0) is 17.6. The molecule has 7 heteroatoms. The number of ether oxygens (including phenoxy) is 1. The van der Waals surface area contributed by atoms with E-state index < -0.39 is 12.6 Å². The van der Waals surface area contributed by atoms with Crippen LogP contribution < -0.4 is 0 Å². The Morgan fingerprint density at radius 3 is 2.92 bits per heavy atom. The number of imidazole rings is 1. The third kappa shape index (κ3) is 3.94. The highest BCUT2D eigenvalue weighted by Crippen LogP contribution is 2.18. The normalized spacial score (nSPS) is 12.1. The molecule has 0 fully saturated rings. The Balaban J connectivity index is 1.71. The van der Waals surface area contributed by atoms with E-state index in [0.717, 1.165) is 10.4 Å². The maximum absolute atomic E-state index is 11.7. The molecule has 6 nitrogen and oxygen atoms in total. The summed E-state index contributed by atoms with van der Waals surface area (Å²) in [5, 5.41) is 21.3. The van der Waals surface area contributed by atoms with E-state index in [-0.39, 0.29) is 17.2 Å². The quantitative estimate of drug-likeness (QED) is 0.316. The van der Waals surface area contributed by atoms with Gasteiger partial charge in [0.2, 0.25) is 0 Å². The van der Waals surface area contributed by atoms with Gasteiger partial charge in [-0.2, -0.15) is 5.26 Å². The lowest BCUT2D eigenvalue weighted by Gasteiger charge is -2.03. The van der Waals surface area contributed by atoms with Crippen molar-refractivity contribution in [2.75, 3.05) is 6.61 Å². The number of aliphatic hydroxyl groups excluding tert-OH is 1. The highest BCUT2D eigenvalue weighted by molar-refractivity contribution is 7.10. The fourth-order valence-electron chi connectivity index (χ4n) is 2.12. The number of allylic oxidation sites excluding steroid dienone is 1. The van der Waals surface area contributed by atoms with Crippen molar-refractivity contribution >= 4 is 40.0 Å². The number of carbonyl (C=O) groups excluding carboxylic acids is 1. The van der Waals surface area contributed by atoms with Crippen LogP contribution in [0.5, 0.6) is 0 Å². The smallest absolute Gasteiger partial charge is 0.331 e. The van der Waals surface area contributed by atoms with Crippen LogP contribution in [-0.4, -0.2) is 27.7 Å². The lowest BCUT2D eigenvalue weighted by atomic mass is 10.2. The minimum Gasteiger partial charge on any atom is -0.507 e. The molecule has 1 aromatic carbocycles. The van der Waals surface area contributed by atoms with Crippen LogP contribution in [0.1, 0.15) is 10.7 Å². The van der Waals surface area contributed by atoms with Gasteiger partial charge < -0.3 is 14.8 Å². The average Bonchev–Trinajstić information content (AvgIpc) is 3.28. The van der Waals surface area contributed by atoms with E-state index in [1.807, 2.05) is 41.8 Å². The van der Waals surface area contributed by atoms with E-state index in [4.69, 9.17) is 4.74 Å². The van der Waals surface area contributed by atoms with Crippen LogP contribution in [0.2, 0.25) is 0 Å². The monoisotopic (exact) mass is 351 g/mol. The molecule has 25 heavy (non-hydrogen) atoms. The Labute approximate surface area is 147 Å². The number of benzene rings is 1. The number of nitrogens with zero attached hydrogens (tertiary/aromatic N) is 2. The minimum absolute atomic E-state index is 0.0637. The molecule has 0 unspecified atom stereocenters. The summed E-state index contributed by atoms with van der Waals surface area (Å²) in [6.07, 6.45) is 2.89. The first-order valence-corrected chi connectivity index (χ1v) is 8.21. The third-order valence-electron chi connectivity index (χ3n) is 3.30. The van der Waals surface area contributed by atoms with Crippen molar-refractivity contribution in [1.82, 2.24) is 9.97 Å². The molecule has 0 aliphatic heterocycles. The maximum atomic E-state index is 11.7. The lowest BCUT2D eigenvalue weighted by Crippen LogP contribution is -2.06. The number of aromatic amines is 1. The number of nitrogens with one attached hydrogen (secondary N) is 1. The van der Waals surface area contributed by atoms with Crippen LogP contribution >= 0.6 is 11.3 Å². The summed E-state index contributed by atoms with van der Waals surface area (Å²) in [4.78, 5) is 19.8. The number of hydrogen-bond acceptors (Lipinski definition) is 6. The number of nitriles is 1. The highest BCUT2D eigenvalue weighted by atomic mass is 32.1. The third-order valence-corrected chi connectivity index (χ3v) is 4.14. The zero-order valence-electron chi connectivity index (χ0n) is 13.0. The van der Waals surface area contributed by atoms with E-state index >= 15 is 0 Å². The van der Waals surface area contributed by atoms with E-state index in [2.05, 4.69) is 9.97 Å². The van der Waals surface area contributed by atoms with Gasteiger partial charge in [0.1, 0.15) is 18.2 Å². The summed E-state index contributed by atoms with van der Waals surface area (Å²) in [6.45, 7) is -0.409. The molecular formula is C18H13N3O3S. The molecule has 2 aromatic heterocycles. The van der Waals surface area contributed by atoms with Gasteiger partial charge in [-0.15, -0.1) is 11.3 Å². The van der Waals surface area contributed by atoms with Crippen LogP contribution in [0, 0.1) is 11.3 Å². The molecular weight excluding hydrogens is 338 g/mol. The molecule has 3 aromatic rings. The first-order chi connectivity index (χ1) is 12.2. The Bertz CT molecular complexity index is 961. The summed E-state index contributed by atoms with van der Waals surface area (Å²) >= 11 is 1.49. The van der Waals surface area contributed by atoms with Gasteiger partial charge in [0.15, 0.2) is 11.6 Å². The second-order valence-corrected chi connectivity index (χ2v) is 5.97. The molecule has 3 rings (SSSR count). The fourth-order valence-corrected chi connectivity index (χ4v) is 2.74. The largest absolute Gasteiger partial charge is 0.507 e. The first-order valence-electron chi connectivity index (χ1n) is 7.33. The van der Waals surface area contributed by atoms with Crippen molar-refractivity contribution in [3.05, 3.63) is 64.3 Å². The minimum atomic E-state index is -0.609. The number of aliphatic hydroxyl groups is 1. The van der Waals surface area contributed by atoms with Gasteiger partial charge in [0.25, 0.3) is 0 Å². The fraction of sp³-hybridized carbons (Fsp3) is 0.0556. The molecule has 0 radical (unpaired) electrons. The second-order valence-electron chi connectivity index (χ2n) is 4.99. The van der Waals surface area contributed by atoms with Gasteiger partial charge in [-0.1, -0.05) is 18.2 Å². The average molecular weight is 351 g/mol. The molecule has 0 spiro atoms. The number of carbonyl (C=O) groups is 1. The number of rotatable bonds is 5. The molecule has 0 atom stereocenters. The van der Waals surface area contributed by atoms with E-state index in [0.29, 0.717) is 5.52 Å². The standard InChI is InChI=1S/C18H13N3O3S/c19-10-13(18-20-14-5-1-2-6-15(14)21-18)16(22)11-24-17(23)8-7-12-4-3-9-25-12/h1-9,22H,11H2,(H,20,21). The van der Waals surface area contributed by atoms with Crippen molar-refractivity contribution in [1.29, 1.82) is 5.26 Å². The Hall–Kier alpha value is -3.37. The molecule has 2 heterocycles. The van der Waals surface area contributed by atoms with Gasteiger partial charge >= 0.3 is 5.97 Å². The van der Waals surface area contributed by atoms with Crippen molar-refractivity contribution in [3.63, 3.8) is 0 Å². The van der Waals surface area contributed by atoms with Gasteiger partial charge in [-0.3, -0.25) is 0 Å². The molecule has 124 valence electrons. The molecule has 0 aliphatic rings. The second kappa shape index (κ2) is 7.47. The summed E-state index contributed by atoms with van der Waals surface area (Å²) < 4.78 is 4.96. The lowest BCUT2D eigenvalue weighted by molar-refractivity contribution is -0.137. The molecule has 0 aliphatic carbocycles. The van der Waals surface area contributed by atoms with Crippen molar-refractivity contribution in [2.45, 2.75) is 0 Å². The van der Waals surface area contributed by atoms with Crippen molar-refractivity contribution in [3.8, 4) is 6.07 Å². The molecule has 2 N–H and O–H groups in total. The van der Waals surface area contributed by atoms with Gasteiger partial charge in [-0.05, 0) is 29.7 Å². The molecule has 0 saturated heterocycles. The summed E-state index contributed by atoms with van der Waals surface area (Å²) in [5.41, 5.74) is 1.36. The number of para-hydroxylation sites is 2. The van der Waals surface area contributed by atoms with Crippen molar-refractivity contribution < 1.29 is 14.6 Å². The number of H-pyrrole nitrogens is 1. The van der Waals surface area contributed by atoms with Gasteiger partial charge in [0.05, 0.1) is 11.0 Å². The molecule has 0 bridgehead atoms.